The topological polar surface area (TPSA) is 36.4 Å². The van der Waals surface area contributed by atoms with Crippen LogP contribution in [0.3, 0.4) is 0 Å². The van der Waals surface area contributed by atoms with E-state index in [1.807, 2.05) is 35.2 Å². The normalized spacial score (nSPS) is 14.9. The zero-order valence-corrected chi connectivity index (χ0v) is 15.1. The third-order valence-corrected chi connectivity index (χ3v) is 5.89. The monoisotopic (exact) mass is 351 g/mol. The molecule has 4 nitrogen and oxygen atoms in total. The Morgan fingerprint density at radius 2 is 1.76 bits per heavy atom. The SMILES string of the molecule is Cc1ccccc1CC(=O)N1CCN(c2nc3ccccc3s2)CC1. The molecule has 1 amide bonds. The predicted molar refractivity (Wildman–Crippen MR) is 103 cm³/mol. The molecule has 2 heterocycles. The fourth-order valence-electron chi connectivity index (χ4n) is 3.23. The Bertz CT molecular complexity index is 864. The second kappa shape index (κ2) is 6.84. The molecule has 0 N–H and O–H groups in total. The maximum absolute atomic E-state index is 12.6. The van der Waals surface area contributed by atoms with Crippen LogP contribution in [0.2, 0.25) is 0 Å². The van der Waals surface area contributed by atoms with Crippen molar-refractivity contribution in [3.63, 3.8) is 0 Å². The summed E-state index contributed by atoms with van der Waals surface area (Å²) >= 11 is 1.73. The van der Waals surface area contributed by atoms with Crippen molar-refractivity contribution in [1.82, 2.24) is 9.88 Å². The average molecular weight is 351 g/mol. The quantitative estimate of drug-likeness (QED) is 0.725. The molecule has 3 aromatic rings. The number of benzene rings is 2. The van der Waals surface area contributed by atoms with E-state index in [-0.39, 0.29) is 5.91 Å². The number of rotatable bonds is 3. The van der Waals surface area contributed by atoms with Crippen LogP contribution in [0.5, 0.6) is 0 Å². The van der Waals surface area contributed by atoms with Crippen molar-refractivity contribution in [3.8, 4) is 0 Å². The van der Waals surface area contributed by atoms with E-state index in [0.717, 1.165) is 42.4 Å². The zero-order valence-electron chi connectivity index (χ0n) is 14.3. The van der Waals surface area contributed by atoms with Crippen molar-refractivity contribution in [2.75, 3.05) is 31.1 Å². The van der Waals surface area contributed by atoms with Gasteiger partial charge in [-0.1, -0.05) is 47.7 Å². The molecule has 0 atom stereocenters. The summed E-state index contributed by atoms with van der Waals surface area (Å²) in [6.45, 7) is 5.29. The minimum Gasteiger partial charge on any atom is -0.345 e. The molecule has 0 spiro atoms. The molecule has 128 valence electrons. The number of anilines is 1. The Labute approximate surface area is 151 Å². The molecule has 1 aliphatic rings. The maximum Gasteiger partial charge on any atom is 0.227 e. The third kappa shape index (κ3) is 3.37. The van der Waals surface area contributed by atoms with Gasteiger partial charge in [-0.05, 0) is 30.2 Å². The first-order chi connectivity index (χ1) is 12.2. The first-order valence-corrected chi connectivity index (χ1v) is 9.45. The van der Waals surface area contributed by atoms with Crippen LogP contribution in [0.15, 0.2) is 48.5 Å². The van der Waals surface area contributed by atoms with Crippen molar-refractivity contribution in [3.05, 3.63) is 59.7 Å². The first kappa shape index (κ1) is 16.1. The molecule has 0 radical (unpaired) electrons. The van der Waals surface area contributed by atoms with E-state index in [1.54, 1.807) is 11.3 Å². The molecule has 25 heavy (non-hydrogen) atoms. The van der Waals surface area contributed by atoms with Gasteiger partial charge in [-0.3, -0.25) is 4.79 Å². The Hall–Kier alpha value is -2.40. The summed E-state index contributed by atoms with van der Waals surface area (Å²) in [5.41, 5.74) is 3.37. The molecule has 1 aliphatic heterocycles. The van der Waals surface area contributed by atoms with Crippen LogP contribution in [-0.4, -0.2) is 42.0 Å². The van der Waals surface area contributed by atoms with Crippen LogP contribution >= 0.6 is 11.3 Å². The lowest BCUT2D eigenvalue weighted by molar-refractivity contribution is -0.130. The van der Waals surface area contributed by atoms with E-state index < -0.39 is 0 Å². The fraction of sp³-hybridized carbons (Fsp3) is 0.300. The minimum atomic E-state index is 0.221. The molecule has 5 heteroatoms. The van der Waals surface area contributed by atoms with Crippen molar-refractivity contribution in [2.45, 2.75) is 13.3 Å². The number of hydrogen-bond donors (Lipinski definition) is 0. The van der Waals surface area contributed by atoms with Crippen molar-refractivity contribution < 1.29 is 4.79 Å². The Morgan fingerprint density at radius 3 is 2.52 bits per heavy atom. The Kier molecular flexibility index (Phi) is 4.40. The van der Waals surface area contributed by atoms with Gasteiger partial charge in [-0.2, -0.15) is 0 Å². The van der Waals surface area contributed by atoms with Gasteiger partial charge in [0.05, 0.1) is 16.6 Å². The van der Waals surface area contributed by atoms with Gasteiger partial charge >= 0.3 is 0 Å². The number of para-hydroxylation sites is 1. The van der Waals surface area contributed by atoms with Gasteiger partial charge in [0.1, 0.15) is 0 Å². The highest BCUT2D eigenvalue weighted by Gasteiger charge is 2.23. The van der Waals surface area contributed by atoms with Crippen LogP contribution in [0.1, 0.15) is 11.1 Å². The summed E-state index contributed by atoms with van der Waals surface area (Å²) in [6, 6.07) is 16.4. The lowest BCUT2D eigenvalue weighted by Gasteiger charge is -2.34. The number of aryl methyl sites for hydroxylation is 1. The molecule has 0 unspecified atom stereocenters. The van der Waals surface area contributed by atoms with Crippen molar-refractivity contribution >= 4 is 32.6 Å². The highest BCUT2D eigenvalue weighted by atomic mass is 32.1. The summed E-state index contributed by atoms with van der Waals surface area (Å²) in [7, 11) is 0. The highest BCUT2D eigenvalue weighted by Crippen LogP contribution is 2.29. The molecular formula is C20H21N3OS. The Balaban J connectivity index is 1.39. The first-order valence-electron chi connectivity index (χ1n) is 8.63. The van der Waals surface area contributed by atoms with Gasteiger partial charge in [-0.15, -0.1) is 0 Å². The van der Waals surface area contributed by atoms with E-state index in [1.165, 1.54) is 10.3 Å². The number of nitrogens with zero attached hydrogens (tertiary/aromatic N) is 3. The molecule has 0 saturated carbocycles. The zero-order chi connectivity index (χ0) is 17.2. The number of hydrogen-bond acceptors (Lipinski definition) is 4. The number of amides is 1. The third-order valence-electron chi connectivity index (χ3n) is 4.79. The molecular weight excluding hydrogens is 330 g/mol. The van der Waals surface area contributed by atoms with E-state index in [0.29, 0.717) is 6.42 Å². The molecule has 4 rings (SSSR count). The van der Waals surface area contributed by atoms with Crippen LogP contribution in [0.4, 0.5) is 5.13 Å². The molecule has 0 bridgehead atoms. The van der Waals surface area contributed by atoms with Gasteiger partial charge in [-0.25, -0.2) is 4.98 Å². The van der Waals surface area contributed by atoms with Gasteiger partial charge in [0.2, 0.25) is 5.91 Å². The van der Waals surface area contributed by atoms with Gasteiger partial charge in [0, 0.05) is 26.2 Å². The van der Waals surface area contributed by atoms with Crippen LogP contribution in [0, 0.1) is 6.92 Å². The highest BCUT2D eigenvalue weighted by molar-refractivity contribution is 7.22. The van der Waals surface area contributed by atoms with Crippen LogP contribution < -0.4 is 4.90 Å². The summed E-state index contributed by atoms with van der Waals surface area (Å²) in [5, 5.41) is 1.06. The summed E-state index contributed by atoms with van der Waals surface area (Å²) in [6.07, 6.45) is 0.494. The molecule has 1 fully saturated rings. The van der Waals surface area contributed by atoms with E-state index >= 15 is 0 Å². The number of carbonyl (C=O) groups excluding carboxylic acids is 1. The van der Waals surface area contributed by atoms with E-state index in [9.17, 15) is 4.79 Å². The second-order valence-electron chi connectivity index (χ2n) is 6.44. The number of aromatic nitrogens is 1. The lowest BCUT2D eigenvalue weighted by Crippen LogP contribution is -2.49. The number of piperazine rings is 1. The number of thiazole rings is 1. The number of fused-ring (bicyclic) bond motifs is 1. The number of carbonyl (C=O) groups is 1. The maximum atomic E-state index is 12.6. The summed E-state index contributed by atoms with van der Waals surface area (Å²) in [5.74, 6) is 0.221. The Morgan fingerprint density at radius 1 is 1.04 bits per heavy atom. The van der Waals surface area contributed by atoms with Gasteiger partial charge in [0.25, 0.3) is 0 Å². The van der Waals surface area contributed by atoms with Gasteiger partial charge in [0.15, 0.2) is 5.13 Å². The van der Waals surface area contributed by atoms with Crippen LogP contribution in [0.25, 0.3) is 10.2 Å². The predicted octanol–water partition coefficient (Wildman–Crippen LogP) is 3.50. The van der Waals surface area contributed by atoms with Crippen LogP contribution in [-0.2, 0) is 11.2 Å². The summed E-state index contributed by atoms with van der Waals surface area (Å²) < 4.78 is 1.22. The summed E-state index contributed by atoms with van der Waals surface area (Å²) in [4.78, 5) is 21.6. The molecule has 2 aromatic carbocycles. The molecule has 1 saturated heterocycles. The van der Waals surface area contributed by atoms with E-state index in [2.05, 4.69) is 30.0 Å². The minimum absolute atomic E-state index is 0.221. The van der Waals surface area contributed by atoms with Crippen molar-refractivity contribution in [1.29, 1.82) is 0 Å². The largest absolute Gasteiger partial charge is 0.345 e. The lowest BCUT2D eigenvalue weighted by atomic mass is 10.1. The van der Waals surface area contributed by atoms with Crippen molar-refractivity contribution in [2.24, 2.45) is 0 Å². The average Bonchev–Trinajstić information content (AvgIpc) is 3.08. The second-order valence-corrected chi connectivity index (χ2v) is 7.44. The van der Waals surface area contributed by atoms with E-state index in [4.69, 9.17) is 4.98 Å². The standard InChI is InChI=1S/C20H21N3OS/c1-15-6-2-3-7-16(15)14-19(24)22-10-12-23(13-11-22)20-21-17-8-4-5-9-18(17)25-20/h2-9H,10-14H2,1H3. The molecule has 1 aromatic heterocycles. The molecule has 0 aliphatic carbocycles. The smallest absolute Gasteiger partial charge is 0.227 e. The fourth-order valence-corrected chi connectivity index (χ4v) is 4.24. The van der Waals surface area contributed by atoms with Gasteiger partial charge < -0.3 is 9.80 Å².